The van der Waals surface area contributed by atoms with E-state index in [0.29, 0.717) is 17.9 Å². The van der Waals surface area contributed by atoms with Crippen LogP contribution < -0.4 is 4.74 Å². The van der Waals surface area contributed by atoms with Crippen LogP contribution in [0.25, 0.3) is 10.9 Å². The Bertz CT molecular complexity index is 1350. The topological polar surface area (TPSA) is 105 Å². The van der Waals surface area contributed by atoms with Gasteiger partial charge in [-0.1, -0.05) is 0 Å². The van der Waals surface area contributed by atoms with Gasteiger partial charge in [0.15, 0.2) is 0 Å². The second-order valence-corrected chi connectivity index (χ2v) is 10.9. The predicted octanol–water partition coefficient (Wildman–Crippen LogP) is 1.28. The number of carbonyl (C=O) groups is 1. The lowest BCUT2D eigenvalue weighted by Gasteiger charge is -2.55. The molecule has 3 aromatic rings. The maximum Gasteiger partial charge on any atom is 0.254 e. The van der Waals surface area contributed by atoms with Gasteiger partial charge >= 0.3 is 0 Å². The summed E-state index contributed by atoms with van der Waals surface area (Å²) in [5, 5.41) is 11.4. The molecule has 9 nitrogen and oxygen atoms in total. The molecule has 2 aromatic heterocycles. The number of sulfonamides is 1. The van der Waals surface area contributed by atoms with E-state index in [0.717, 1.165) is 22.2 Å². The predicted molar refractivity (Wildman–Crippen MR) is 123 cm³/mol. The van der Waals surface area contributed by atoms with Crippen molar-refractivity contribution in [3.05, 3.63) is 59.5 Å². The van der Waals surface area contributed by atoms with Gasteiger partial charge in [0.2, 0.25) is 10.0 Å². The maximum absolute atomic E-state index is 13.5. The normalized spacial score (nSPS) is 20.0. The highest BCUT2D eigenvalue weighted by atomic mass is 32.2. The molecule has 1 fully saturated rings. The summed E-state index contributed by atoms with van der Waals surface area (Å²) in [6, 6.07) is 8.52. The van der Waals surface area contributed by atoms with Crippen molar-refractivity contribution in [2.45, 2.75) is 11.5 Å². The van der Waals surface area contributed by atoms with Gasteiger partial charge in [0, 0.05) is 67.2 Å². The third-order valence-corrected chi connectivity index (χ3v) is 8.13. The van der Waals surface area contributed by atoms with Crippen LogP contribution in [0.5, 0.6) is 5.75 Å². The zero-order valence-corrected chi connectivity index (χ0v) is 19.5. The number of pyridine rings is 1. The van der Waals surface area contributed by atoms with Crippen molar-refractivity contribution in [3.8, 4) is 5.75 Å². The molecular weight excluding hydrogens is 444 g/mol. The van der Waals surface area contributed by atoms with Gasteiger partial charge in [0.25, 0.3) is 5.91 Å². The van der Waals surface area contributed by atoms with Gasteiger partial charge in [-0.05, 0) is 29.8 Å². The van der Waals surface area contributed by atoms with Crippen LogP contribution in [0.4, 0.5) is 0 Å². The molecule has 1 saturated heterocycles. The molecule has 0 saturated carbocycles. The minimum atomic E-state index is -3.36. The minimum absolute atomic E-state index is 0.220. The second-order valence-electron chi connectivity index (χ2n) is 8.88. The smallest absolute Gasteiger partial charge is 0.254 e. The van der Waals surface area contributed by atoms with E-state index >= 15 is 0 Å². The summed E-state index contributed by atoms with van der Waals surface area (Å²) in [7, 11) is 0.147. The maximum atomic E-state index is 13.5. The van der Waals surface area contributed by atoms with Crippen molar-refractivity contribution in [1.82, 2.24) is 18.8 Å². The van der Waals surface area contributed by atoms with Gasteiger partial charge in [0.1, 0.15) is 5.75 Å². The third kappa shape index (κ3) is 3.24. The fourth-order valence-corrected chi connectivity index (χ4v) is 6.32. The van der Waals surface area contributed by atoms with Gasteiger partial charge in [-0.15, -0.1) is 0 Å². The zero-order valence-electron chi connectivity index (χ0n) is 18.7. The molecular formula is C23H26N4O5S. The van der Waals surface area contributed by atoms with Crippen molar-refractivity contribution < 1.29 is 23.1 Å². The third-order valence-electron chi connectivity index (χ3n) is 6.94. The molecule has 1 N–H and O–H groups in total. The van der Waals surface area contributed by atoms with Gasteiger partial charge in [-0.2, -0.15) is 0 Å². The molecule has 0 aliphatic carbocycles. The Morgan fingerprint density at radius 3 is 2.52 bits per heavy atom. The first-order chi connectivity index (χ1) is 15.7. The first-order valence-corrected chi connectivity index (χ1v) is 12.5. The molecule has 4 heterocycles. The van der Waals surface area contributed by atoms with E-state index in [9.17, 15) is 18.3 Å². The monoisotopic (exact) mass is 470 g/mol. The molecule has 0 bridgehead atoms. The Morgan fingerprint density at radius 1 is 1.21 bits per heavy atom. The Morgan fingerprint density at radius 2 is 1.91 bits per heavy atom. The molecule has 1 atom stereocenters. The number of hydrogen-bond acceptors (Lipinski definition) is 6. The van der Waals surface area contributed by atoms with E-state index in [-0.39, 0.29) is 25.6 Å². The lowest BCUT2D eigenvalue weighted by atomic mass is 9.69. The van der Waals surface area contributed by atoms with E-state index in [1.165, 1.54) is 10.6 Å². The zero-order chi connectivity index (χ0) is 23.5. The van der Waals surface area contributed by atoms with Crippen LogP contribution in [0.3, 0.4) is 0 Å². The van der Waals surface area contributed by atoms with E-state index < -0.39 is 21.5 Å². The molecule has 5 rings (SSSR count). The highest BCUT2D eigenvalue weighted by Gasteiger charge is 2.56. The number of amides is 1. The van der Waals surface area contributed by atoms with Crippen molar-refractivity contribution >= 4 is 26.8 Å². The number of carbonyl (C=O) groups excluding carboxylic acids is 1. The summed E-state index contributed by atoms with van der Waals surface area (Å²) >= 11 is 0. The number of rotatable bonds is 4. The lowest BCUT2D eigenvalue weighted by Crippen LogP contribution is -2.68. The number of aryl methyl sites for hydroxylation is 1. The van der Waals surface area contributed by atoms with Crippen LogP contribution in [0, 0.1) is 0 Å². The number of hydrogen-bond donors (Lipinski definition) is 1. The summed E-state index contributed by atoms with van der Waals surface area (Å²) in [6.07, 6.45) is 4.32. The molecule has 2 aliphatic rings. The molecule has 0 unspecified atom stereocenters. The first kappa shape index (κ1) is 21.9. The molecule has 1 aromatic carbocycles. The van der Waals surface area contributed by atoms with Crippen molar-refractivity contribution in [3.63, 3.8) is 0 Å². The molecule has 2 aliphatic heterocycles. The highest BCUT2D eigenvalue weighted by molar-refractivity contribution is 7.88. The number of benzene rings is 1. The Kier molecular flexibility index (Phi) is 5.00. The van der Waals surface area contributed by atoms with Gasteiger partial charge in [-0.3, -0.25) is 9.78 Å². The van der Waals surface area contributed by atoms with Crippen LogP contribution in [-0.2, 0) is 22.5 Å². The molecule has 174 valence electrons. The van der Waals surface area contributed by atoms with Crippen molar-refractivity contribution in [1.29, 1.82) is 0 Å². The quantitative estimate of drug-likeness (QED) is 0.616. The van der Waals surface area contributed by atoms with Crippen LogP contribution >= 0.6 is 0 Å². The summed E-state index contributed by atoms with van der Waals surface area (Å²) in [6.45, 7) is 0.616. The van der Waals surface area contributed by atoms with Crippen LogP contribution in [0.15, 0.2) is 42.7 Å². The number of ether oxygens (including phenoxy) is 1. The largest absolute Gasteiger partial charge is 0.497 e. The van der Waals surface area contributed by atoms with E-state index in [2.05, 4.69) is 4.98 Å². The Labute approximate surface area is 192 Å². The summed E-state index contributed by atoms with van der Waals surface area (Å²) in [5.41, 5.74) is 2.64. The standard InChI is InChI=1S/C23H26N4O5S/c1-25-18-10-16(32-2)4-5-17(18)20-21(25)19(11-28)27(22(29)15-6-8-24-9-7-15)14-23(20)12-26(13-23)33(3,30)31/h4-10,19,28H,11-14H2,1-3H3/t19-/m1/s1. The average molecular weight is 471 g/mol. The molecule has 10 heteroatoms. The summed E-state index contributed by atoms with van der Waals surface area (Å²) in [4.78, 5) is 19.2. The summed E-state index contributed by atoms with van der Waals surface area (Å²) in [5.74, 6) is 0.480. The number of aliphatic hydroxyl groups is 1. The van der Waals surface area contributed by atoms with Crippen LogP contribution in [0.2, 0.25) is 0 Å². The van der Waals surface area contributed by atoms with Crippen molar-refractivity contribution in [2.75, 3.05) is 39.6 Å². The number of aromatic nitrogens is 2. The van der Waals surface area contributed by atoms with Crippen molar-refractivity contribution in [2.24, 2.45) is 7.05 Å². The second kappa shape index (κ2) is 7.54. The fourth-order valence-electron chi connectivity index (χ4n) is 5.35. The Balaban J connectivity index is 1.71. The molecule has 0 radical (unpaired) electrons. The SMILES string of the molecule is COc1ccc2c3c(n(C)c2c1)[C@@H](CO)N(C(=O)c1ccncc1)CC31CN(S(C)(=O)=O)C1. The fraction of sp³-hybridized carbons (Fsp3) is 0.391. The van der Waals surface area contributed by atoms with E-state index in [1.54, 1.807) is 36.5 Å². The van der Waals surface area contributed by atoms with Crippen LogP contribution in [-0.4, -0.2) is 77.8 Å². The number of nitrogens with zero attached hydrogens (tertiary/aromatic N) is 4. The van der Waals surface area contributed by atoms with Gasteiger partial charge < -0.3 is 19.3 Å². The van der Waals surface area contributed by atoms with Gasteiger partial charge in [0.05, 0.1) is 31.5 Å². The number of fused-ring (bicyclic) bond motifs is 4. The Hall–Kier alpha value is -2.95. The number of aliphatic hydroxyl groups excluding tert-OH is 1. The molecule has 33 heavy (non-hydrogen) atoms. The average Bonchev–Trinajstić information content (AvgIpc) is 3.08. The number of methoxy groups -OCH3 is 1. The minimum Gasteiger partial charge on any atom is -0.497 e. The lowest BCUT2D eigenvalue weighted by molar-refractivity contribution is 0.0239. The summed E-state index contributed by atoms with van der Waals surface area (Å²) < 4.78 is 33.3. The first-order valence-electron chi connectivity index (χ1n) is 10.6. The van der Waals surface area contributed by atoms with E-state index in [1.807, 2.05) is 29.8 Å². The van der Waals surface area contributed by atoms with Crippen LogP contribution in [0.1, 0.15) is 27.7 Å². The molecule has 1 amide bonds. The molecule has 1 spiro atoms. The highest BCUT2D eigenvalue weighted by Crippen LogP contribution is 2.50. The van der Waals surface area contributed by atoms with E-state index in [4.69, 9.17) is 4.74 Å². The van der Waals surface area contributed by atoms with Gasteiger partial charge in [-0.25, -0.2) is 12.7 Å².